The highest BCUT2D eigenvalue weighted by atomic mass is 16.6. The SMILES string of the molecule is COC(C)COC(C)COC(C)COC(C)COC(C)CO.OCCOCCOCCOCCOCCOCCOCCOCCO. The summed E-state index contributed by atoms with van der Waals surface area (Å²) in [5, 5.41) is 25.9. The Bertz CT molecular complexity index is 533. The minimum absolute atomic E-state index is 0.0105. The van der Waals surface area contributed by atoms with Crippen molar-refractivity contribution in [2.75, 3.05) is 146 Å². The Labute approximate surface area is 283 Å². The summed E-state index contributed by atoms with van der Waals surface area (Å²) in [5.41, 5.74) is 0. The van der Waals surface area contributed by atoms with Gasteiger partial charge < -0.3 is 72.2 Å². The molecule has 0 spiro atoms. The molecule has 0 bridgehead atoms. The zero-order chi connectivity index (χ0) is 35.2. The normalized spacial score (nSPS) is 14.7. The second kappa shape index (κ2) is 39.8. The molecular weight excluding hydrogens is 624 g/mol. The molecule has 0 rings (SSSR count). The van der Waals surface area contributed by atoms with Crippen molar-refractivity contribution in [3.63, 3.8) is 0 Å². The maximum absolute atomic E-state index is 8.88. The summed E-state index contributed by atoms with van der Waals surface area (Å²) < 4.78 is 64.2. The highest BCUT2D eigenvalue weighted by Crippen LogP contribution is 2.02. The molecule has 0 aliphatic rings. The topological polar surface area (TPSA) is 171 Å². The van der Waals surface area contributed by atoms with Crippen molar-refractivity contribution >= 4 is 0 Å². The number of aliphatic hydroxyl groups excluding tert-OH is 3. The third-order valence-corrected chi connectivity index (χ3v) is 5.82. The number of methoxy groups -OCH3 is 1. The van der Waals surface area contributed by atoms with Gasteiger partial charge in [-0.1, -0.05) is 0 Å². The third-order valence-electron chi connectivity index (χ3n) is 5.82. The lowest BCUT2D eigenvalue weighted by atomic mass is 10.3. The maximum Gasteiger partial charge on any atom is 0.0781 e. The van der Waals surface area contributed by atoms with E-state index in [1.165, 1.54) is 0 Å². The van der Waals surface area contributed by atoms with Gasteiger partial charge in [0.15, 0.2) is 0 Å². The van der Waals surface area contributed by atoms with Crippen LogP contribution in [0, 0.1) is 0 Å². The summed E-state index contributed by atoms with van der Waals surface area (Å²) >= 11 is 0. The van der Waals surface area contributed by atoms with E-state index >= 15 is 0 Å². The fraction of sp³-hybridized carbons (Fsp3) is 1.00. The summed E-state index contributed by atoms with van der Waals surface area (Å²) in [6.45, 7) is 18.5. The second-order valence-electron chi connectivity index (χ2n) is 10.5. The van der Waals surface area contributed by atoms with E-state index in [1.54, 1.807) is 7.11 Å². The van der Waals surface area contributed by atoms with Crippen LogP contribution in [0.25, 0.3) is 0 Å². The van der Waals surface area contributed by atoms with Crippen molar-refractivity contribution in [3.8, 4) is 0 Å². The van der Waals surface area contributed by atoms with E-state index in [0.29, 0.717) is 119 Å². The van der Waals surface area contributed by atoms with Crippen LogP contribution in [0.5, 0.6) is 0 Å². The van der Waals surface area contributed by atoms with Crippen LogP contribution in [0.15, 0.2) is 0 Å². The summed E-state index contributed by atoms with van der Waals surface area (Å²) in [5.74, 6) is 0. The first-order valence-electron chi connectivity index (χ1n) is 16.7. The average molecular weight is 693 g/mol. The highest BCUT2D eigenvalue weighted by molar-refractivity contribution is 4.57. The number of aliphatic hydroxyl groups is 3. The molecule has 15 heteroatoms. The molecule has 47 heavy (non-hydrogen) atoms. The number of rotatable bonds is 36. The van der Waals surface area contributed by atoms with Gasteiger partial charge in [-0.3, -0.25) is 0 Å². The zero-order valence-corrected chi connectivity index (χ0v) is 30.0. The fourth-order valence-corrected chi connectivity index (χ4v) is 3.01. The van der Waals surface area contributed by atoms with Crippen LogP contribution in [0.3, 0.4) is 0 Å². The molecule has 0 heterocycles. The highest BCUT2D eigenvalue weighted by Gasteiger charge is 2.12. The van der Waals surface area contributed by atoms with Gasteiger partial charge in [0.2, 0.25) is 0 Å². The third kappa shape index (κ3) is 41.5. The predicted molar refractivity (Wildman–Crippen MR) is 175 cm³/mol. The van der Waals surface area contributed by atoms with E-state index in [2.05, 4.69) is 0 Å². The Kier molecular flexibility index (Phi) is 41.1. The summed E-state index contributed by atoms with van der Waals surface area (Å²) in [7, 11) is 1.67. The van der Waals surface area contributed by atoms with Crippen LogP contribution in [-0.4, -0.2) is 192 Å². The molecule has 286 valence electrons. The second-order valence-corrected chi connectivity index (χ2v) is 10.5. The largest absolute Gasteiger partial charge is 0.394 e. The van der Waals surface area contributed by atoms with Crippen molar-refractivity contribution in [2.45, 2.75) is 65.1 Å². The van der Waals surface area contributed by atoms with Crippen LogP contribution in [0.2, 0.25) is 0 Å². The van der Waals surface area contributed by atoms with Gasteiger partial charge in [-0.05, 0) is 34.6 Å². The van der Waals surface area contributed by atoms with Gasteiger partial charge in [0.25, 0.3) is 0 Å². The molecule has 0 amide bonds. The molecule has 0 saturated carbocycles. The Morgan fingerprint density at radius 1 is 0.340 bits per heavy atom. The Hall–Kier alpha value is -0.600. The maximum atomic E-state index is 8.88. The van der Waals surface area contributed by atoms with E-state index in [4.69, 9.17) is 72.2 Å². The van der Waals surface area contributed by atoms with E-state index in [9.17, 15) is 0 Å². The predicted octanol–water partition coefficient (Wildman–Crippen LogP) is 0.721. The van der Waals surface area contributed by atoms with E-state index in [1.807, 2.05) is 34.6 Å². The smallest absolute Gasteiger partial charge is 0.0781 e. The molecule has 5 unspecified atom stereocenters. The summed E-state index contributed by atoms with van der Waals surface area (Å²) in [6, 6.07) is 0. The van der Waals surface area contributed by atoms with Crippen molar-refractivity contribution < 1.29 is 72.2 Å². The van der Waals surface area contributed by atoms with Gasteiger partial charge >= 0.3 is 0 Å². The summed E-state index contributed by atoms with van der Waals surface area (Å²) in [4.78, 5) is 0. The number of ether oxygens (including phenoxy) is 12. The standard InChI is InChI=1S/C16H34O9.C16H34O6/c17-1-3-19-5-7-21-9-11-23-13-15-25-16-14-24-12-10-22-8-6-20-4-2-18;1-12(7-17)19-9-14(3)21-11-16(5)22-10-15(4)20-8-13(2)18-6/h17-18H,1-16H2;12-17H,7-11H2,1-6H3. The first kappa shape index (κ1) is 48.5. The van der Waals surface area contributed by atoms with E-state index in [-0.39, 0.29) is 50.3 Å². The monoisotopic (exact) mass is 692 g/mol. The molecule has 0 aliphatic carbocycles. The lowest BCUT2D eigenvalue weighted by Crippen LogP contribution is -2.28. The Morgan fingerprint density at radius 3 is 0.809 bits per heavy atom. The van der Waals surface area contributed by atoms with E-state index < -0.39 is 0 Å². The van der Waals surface area contributed by atoms with Crippen molar-refractivity contribution in [2.24, 2.45) is 0 Å². The van der Waals surface area contributed by atoms with Crippen molar-refractivity contribution in [3.05, 3.63) is 0 Å². The molecular formula is C32H68O15. The zero-order valence-electron chi connectivity index (χ0n) is 30.0. The van der Waals surface area contributed by atoms with Gasteiger partial charge in [0.05, 0.1) is 169 Å². The lowest BCUT2D eigenvalue weighted by molar-refractivity contribution is -0.0953. The van der Waals surface area contributed by atoms with Crippen LogP contribution >= 0.6 is 0 Å². The lowest BCUT2D eigenvalue weighted by Gasteiger charge is -2.21. The van der Waals surface area contributed by atoms with Crippen LogP contribution in [0.4, 0.5) is 0 Å². The molecule has 0 aromatic carbocycles. The quantitative estimate of drug-likeness (QED) is 0.0784. The minimum Gasteiger partial charge on any atom is -0.394 e. The Balaban J connectivity index is 0. The number of hydrogen-bond donors (Lipinski definition) is 3. The molecule has 15 nitrogen and oxygen atoms in total. The molecule has 0 aromatic heterocycles. The first-order chi connectivity index (χ1) is 22.8. The Morgan fingerprint density at radius 2 is 0.574 bits per heavy atom. The van der Waals surface area contributed by atoms with Crippen molar-refractivity contribution in [1.82, 2.24) is 0 Å². The summed E-state index contributed by atoms with van der Waals surface area (Å²) in [6.07, 6.45) is -0.0938. The molecule has 0 radical (unpaired) electrons. The van der Waals surface area contributed by atoms with Crippen LogP contribution < -0.4 is 0 Å². The van der Waals surface area contributed by atoms with Gasteiger partial charge in [0.1, 0.15) is 0 Å². The van der Waals surface area contributed by atoms with E-state index in [0.717, 1.165) is 0 Å². The van der Waals surface area contributed by atoms with Crippen LogP contribution in [0.1, 0.15) is 34.6 Å². The van der Waals surface area contributed by atoms with Gasteiger partial charge in [-0.15, -0.1) is 0 Å². The van der Waals surface area contributed by atoms with Gasteiger partial charge in [0, 0.05) is 7.11 Å². The van der Waals surface area contributed by atoms with Gasteiger partial charge in [-0.25, -0.2) is 0 Å². The van der Waals surface area contributed by atoms with Crippen molar-refractivity contribution in [1.29, 1.82) is 0 Å². The van der Waals surface area contributed by atoms with Crippen LogP contribution in [-0.2, 0) is 56.8 Å². The first-order valence-corrected chi connectivity index (χ1v) is 16.7. The number of hydrogen-bond acceptors (Lipinski definition) is 15. The fourth-order valence-electron chi connectivity index (χ4n) is 3.01. The molecule has 0 aliphatic heterocycles. The molecule has 3 N–H and O–H groups in total. The molecule has 0 fully saturated rings. The molecule has 5 atom stereocenters. The average Bonchev–Trinajstić information content (AvgIpc) is 3.08. The van der Waals surface area contributed by atoms with Gasteiger partial charge in [-0.2, -0.15) is 0 Å². The molecule has 0 saturated heterocycles. The minimum atomic E-state index is -0.160. The molecule has 0 aromatic rings.